The van der Waals surface area contributed by atoms with Gasteiger partial charge in [0.1, 0.15) is 60.1 Å². The number of amides is 13. The SMILES string of the molecule is CC(C)CC(NC(=O)C(Cc1ccccc1)NC(=O)CNC(=O)CNC(=O)C(N)Cc1ccc(O)cc1)C(=O)NC(CCCN=C(N)N)C(=O)NC(CCCN=C(N)N)C(=O)NC(CCC(N)=O)C(=O)NC(Cc1ccccc1)C(=O)NC(CCCCN)C(=O)NC(C(=O)NC(C(=O)NC(C(=O)O)C(C)O)C(C)C)C(C)C. The lowest BCUT2D eigenvalue weighted by molar-refractivity contribution is -0.145. The second kappa shape index (κ2) is 49.6. The van der Waals surface area contributed by atoms with E-state index in [2.05, 4.69) is 73.8 Å². The number of aliphatic carboxylic acids is 1. The molecule has 3 aromatic rings. The fraction of sp³-hybridized carbons (Fsp3) is 0.541. The quantitative estimate of drug-likeness (QED) is 0.0143. The summed E-state index contributed by atoms with van der Waals surface area (Å²) in [5.41, 5.74) is 41.7. The average molecular weight is 1570 g/mol. The number of phenolic OH excluding ortho intramolecular Hbond substituents is 1. The average Bonchev–Trinajstić information content (AvgIpc) is 0.853. The van der Waals surface area contributed by atoms with Gasteiger partial charge in [0, 0.05) is 32.4 Å². The maximum atomic E-state index is 14.9. The molecule has 618 valence electrons. The van der Waals surface area contributed by atoms with Crippen molar-refractivity contribution in [2.75, 3.05) is 32.7 Å². The summed E-state index contributed by atoms with van der Waals surface area (Å²) in [6.45, 7) is 9.84. The van der Waals surface area contributed by atoms with Crippen molar-refractivity contribution in [3.05, 3.63) is 102 Å². The molecule has 0 heterocycles. The third kappa shape index (κ3) is 36.3. The summed E-state index contributed by atoms with van der Waals surface area (Å²) in [7, 11) is 0. The smallest absolute Gasteiger partial charge is 0.328 e. The van der Waals surface area contributed by atoms with Gasteiger partial charge in [0.2, 0.25) is 76.8 Å². The van der Waals surface area contributed by atoms with Crippen LogP contribution in [0.15, 0.2) is 94.9 Å². The summed E-state index contributed by atoms with van der Waals surface area (Å²) in [4.78, 5) is 202. The Kier molecular flexibility index (Phi) is 41.9. The van der Waals surface area contributed by atoms with Gasteiger partial charge in [0.05, 0.1) is 25.2 Å². The van der Waals surface area contributed by atoms with Crippen LogP contribution in [0.5, 0.6) is 5.75 Å². The van der Waals surface area contributed by atoms with Crippen molar-refractivity contribution in [3.63, 3.8) is 0 Å². The molecule has 0 saturated carbocycles. The van der Waals surface area contributed by atoms with Crippen molar-refractivity contribution in [2.45, 2.75) is 205 Å². The largest absolute Gasteiger partial charge is 0.508 e. The highest BCUT2D eigenvalue weighted by Gasteiger charge is 2.38. The number of unbranched alkanes of at least 4 members (excludes halogenated alkanes) is 1. The lowest BCUT2D eigenvalue weighted by atomic mass is 9.98. The van der Waals surface area contributed by atoms with Crippen molar-refractivity contribution in [1.82, 2.24) is 63.8 Å². The third-order valence-corrected chi connectivity index (χ3v) is 17.4. The van der Waals surface area contributed by atoms with Gasteiger partial charge >= 0.3 is 5.97 Å². The van der Waals surface area contributed by atoms with Crippen molar-refractivity contribution >= 4 is 94.7 Å². The van der Waals surface area contributed by atoms with Gasteiger partial charge in [0.15, 0.2) is 18.0 Å². The van der Waals surface area contributed by atoms with Crippen LogP contribution in [0.3, 0.4) is 0 Å². The molecule has 13 amide bonds. The van der Waals surface area contributed by atoms with Crippen LogP contribution in [0.2, 0.25) is 0 Å². The van der Waals surface area contributed by atoms with Crippen LogP contribution in [0, 0.1) is 17.8 Å². The van der Waals surface area contributed by atoms with Gasteiger partial charge in [-0.25, -0.2) is 4.79 Å². The Morgan fingerprint density at radius 3 is 1.20 bits per heavy atom. The van der Waals surface area contributed by atoms with Gasteiger partial charge in [-0.05, 0) is 124 Å². The number of aliphatic imine (C=N–C) groups is 2. The lowest BCUT2D eigenvalue weighted by Gasteiger charge is -2.30. The number of carbonyl (C=O) groups excluding carboxylic acids is 13. The van der Waals surface area contributed by atoms with Crippen molar-refractivity contribution < 1.29 is 82.4 Å². The number of aromatic hydroxyl groups is 1. The van der Waals surface area contributed by atoms with Crippen molar-refractivity contribution in [3.8, 4) is 5.75 Å². The van der Waals surface area contributed by atoms with Crippen LogP contribution in [-0.2, 0) is 86.4 Å². The molecule has 0 radical (unpaired) electrons. The minimum absolute atomic E-state index is 0.0000726. The van der Waals surface area contributed by atoms with Crippen LogP contribution < -0.4 is 104 Å². The van der Waals surface area contributed by atoms with Gasteiger partial charge < -0.3 is 119 Å². The Morgan fingerprint density at radius 1 is 0.402 bits per heavy atom. The topological polar surface area (TPSA) is 651 Å². The number of hydrogen-bond acceptors (Lipinski definition) is 20. The number of primary amides is 1. The highest BCUT2D eigenvalue weighted by molar-refractivity contribution is 6.00. The molecule has 0 aliphatic carbocycles. The van der Waals surface area contributed by atoms with E-state index < -0.39 is 193 Å². The number of phenols is 1. The third-order valence-electron chi connectivity index (χ3n) is 17.4. The number of nitrogens with two attached hydrogens (primary N) is 7. The highest BCUT2D eigenvalue weighted by atomic mass is 16.4. The molecular formula is C74H115N21O17. The molecule has 38 nitrogen and oxygen atoms in total. The lowest BCUT2D eigenvalue weighted by Crippen LogP contribution is -2.62. The molecule has 12 atom stereocenters. The zero-order valence-corrected chi connectivity index (χ0v) is 64.5. The molecule has 3 rings (SSSR count). The van der Waals surface area contributed by atoms with Crippen LogP contribution in [-0.4, -0.2) is 215 Å². The summed E-state index contributed by atoms with van der Waals surface area (Å²) in [6.07, 6.45) is -2.63. The standard InChI is InChI=1S/C74H115N21O17/c1-40(2)34-53(91-68(107)54(36-44-18-10-8-11-19-44)86-58(100)39-84-57(99)38-85-62(101)48(76)35-46-25-27-47(97)28-26-46)67(106)89-51(24-17-33-83-74(80)81)63(102)87-50(23-16-32-82-73(78)79)64(103)90-52(29-30-56(77)98)65(104)92-55(37-45-20-12-9-13-21-45)69(108)88-49(22-14-15-31-75)66(105)93-59(41(3)4)70(109)94-60(42(5)6)71(110)95-61(43(7)96)72(111)112/h8-13,18-21,25-28,40-43,48-55,59-61,96-97H,14-17,22-24,29-39,75-76H2,1-7H3,(H2,77,98)(H,84,99)(H,85,101)(H,86,100)(H,87,102)(H,88,108)(H,89,106)(H,90,103)(H,91,107)(H,92,104)(H,93,105)(H,94,109)(H,95,110)(H,111,112)(H4,78,79,82)(H4,80,81,83). The van der Waals surface area contributed by atoms with Crippen LogP contribution >= 0.6 is 0 Å². The maximum absolute atomic E-state index is 14.9. The van der Waals surface area contributed by atoms with E-state index in [9.17, 15) is 82.4 Å². The number of carboxylic acids is 1. The Labute approximate surface area is 650 Å². The number of carbonyl (C=O) groups is 14. The van der Waals surface area contributed by atoms with Crippen molar-refractivity contribution in [2.24, 2.45) is 67.9 Å². The van der Waals surface area contributed by atoms with E-state index in [-0.39, 0.29) is 107 Å². The summed E-state index contributed by atoms with van der Waals surface area (Å²) in [5.74, 6) is -15.3. The monoisotopic (exact) mass is 1570 g/mol. The first kappa shape index (κ1) is 94.7. The molecule has 0 spiro atoms. The van der Waals surface area contributed by atoms with E-state index in [4.69, 9.17) is 40.1 Å². The van der Waals surface area contributed by atoms with E-state index >= 15 is 0 Å². The van der Waals surface area contributed by atoms with Crippen LogP contribution in [0.1, 0.15) is 129 Å². The summed E-state index contributed by atoms with van der Waals surface area (Å²) >= 11 is 0. The second-order valence-electron chi connectivity index (χ2n) is 28.2. The van der Waals surface area contributed by atoms with E-state index in [1.54, 1.807) is 114 Å². The molecule has 0 aliphatic rings. The Balaban J connectivity index is 2.00. The minimum atomic E-state index is -1.72. The van der Waals surface area contributed by atoms with E-state index in [1.165, 1.54) is 12.1 Å². The van der Waals surface area contributed by atoms with E-state index in [1.807, 2.05) is 0 Å². The maximum Gasteiger partial charge on any atom is 0.328 e. The molecule has 0 fully saturated rings. The summed E-state index contributed by atoms with van der Waals surface area (Å²) < 4.78 is 0. The highest BCUT2D eigenvalue weighted by Crippen LogP contribution is 2.16. The zero-order chi connectivity index (χ0) is 83.7. The van der Waals surface area contributed by atoms with E-state index in [0.717, 1.165) is 6.92 Å². The van der Waals surface area contributed by atoms with Gasteiger partial charge in [-0.15, -0.1) is 0 Å². The molecule has 0 aromatic heterocycles. The number of nitrogens with one attached hydrogen (secondary N) is 12. The number of hydrogen-bond donors (Lipinski definition) is 22. The van der Waals surface area contributed by atoms with Gasteiger partial charge in [0.25, 0.3) is 0 Å². The Morgan fingerprint density at radius 2 is 0.777 bits per heavy atom. The summed E-state index contributed by atoms with van der Waals surface area (Å²) in [6, 6.07) is 6.77. The van der Waals surface area contributed by atoms with Gasteiger partial charge in [-0.1, -0.05) is 114 Å². The van der Waals surface area contributed by atoms with Crippen LogP contribution in [0.25, 0.3) is 0 Å². The van der Waals surface area contributed by atoms with Crippen molar-refractivity contribution in [1.29, 1.82) is 0 Å². The number of aliphatic hydroxyl groups is 1. The van der Waals surface area contributed by atoms with Crippen LogP contribution in [0.4, 0.5) is 0 Å². The second-order valence-corrected chi connectivity index (χ2v) is 28.2. The number of nitrogens with zero attached hydrogens (tertiary/aromatic N) is 2. The molecule has 29 N–H and O–H groups in total. The first-order chi connectivity index (χ1) is 52.9. The molecule has 0 saturated heterocycles. The predicted octanol–water partition coefficient (Wildman–Crippen LogP) is -4.85. The Hall–Kier alpha value is -11.5. The van der Waals surface area contributed by atoms with E-state index in [0.29, 0.717) is 23.1 Å². The summed E-state index contributed by atoms with van der Waals surface area (Å²) in [5, 5.41) is 60.0. The first-order valence-electron chi connectivity index (χ1n) is 37.1. The number of rotatable bonds is 51. The number of guanidine groups is 2. The Bertz CT molecular complexity index is 3650. The fourth-order valence-corrected chi connectivity index (χ4v) is 11.3. The number of aliphatic hydroxyl groups excluding tert-OH is 1. The molecule has 112 heavy (non-hydrogen) atoms. The molecule has 12 unspecified atom stereocenters. The number of benzene rings is 3. The molecular weight excluding hydrogens is 1450 g/mol. The molecule has 3 aromatic carbocycles. The zero-order valence-electron chi connectivity index (χ0n) is 64.5. The predicted molar refractivity (Wildman–Crippen MR) is 415 cm³/mol. The molecule has 0 aliphatic heterocycles. The minimum Gasteiger partial charge on any atom is -0.508 e. The first-order valence-corrected chi connectivity index (χ1v) is 37.1. The molecule has 0 bridgehead atoms. The number of carboxylic acid groups (broad SMARTS) is 1. The molecule has 38 heteroatoms. The normalized spacial score (nSPS) is 14.3. The fourth-order valence-electron chi connectivity index (χ4n) is 11.3. The van der Waals surface area contributed by atoms with Gasteiger partial charge in [-0.2, -0.15) is 0 Å². The van der Waals surface area contributed by atoms with Gasteiger partial charge in [-0.3, -0.25) is 72.3 Å².